The second kappa shape index (κ2) is 16.9. The van der Waals surface area contributed by atoms with Crippen LogP contribution in [0.2, 0.25) is 0 Å². The van der Waals surface area contributed by atoms with E-state index < -0.39 is 23.8 Å². The lowest BCUT2D eigenvalue weighted by Crippen LogP contribution is -2.53. The number of ether oxygens (including phenoxy) is 1. The van der Waals surface area contributed by atoms with Crippen molar-refractivity contribution in [3.8, 4) is 5.75 Å². The minimum atomic E-state index is -0.937. The van der Waals surface area contributed by atoms with Crippen molar-refractivity contribution >= 4 is 17.9 Å². The monoisotopic (exact) mass is 533 g/mol. The SMILES string of the molecule is CCCCCCN(C(=O)C(CC(C)C)NC(=O)OC(C)(C)C)C(C(=O)NCCCCC)c1cccc(O)c1. The predicted molar refractivity (Wildman–Crippen MR) is 152 cm³/mol. The highest BCUT2D eigenvalue weighted by Crippen LogP contribution is 2.27. The fourth-order valence-corrected chi connectivity index (χ4v) is 4.27. The molecule has 38 heavy (non-hydrogen) atoms. The summed E-state index contributed by atoms with van der Waals surface area (Å²) in [6, 6.07) is 4.70. The van der Waals surface area contributed by atoms with Gasteiger partial charge in [0.1, 0.15) is 23.4 Å². The first kappa shape index (κ1) is 33.3. The standard InChI is InChI=1S/C30H51N3O5/c1-8-10-12-14-19-33(28(36)25(20-22(3)4)32-29(37)38-30(5,6)7)26(23-16-15-17-24(34)21-23)27(35)31-18-13-11-9-2/h15-17,21-22,25-26,34H,8-14,18-20H2,1-7H3,(H,31,35)(H,32,37). The maximum absolute atomic E-state index is 14.1. The molecule has 8 heteroatoms. The van der Waals surface area contributed by atoms with E-state index in [1.54, 1.807) is 43.9 Å². The lowest BCUT2D eigenvalue weighted by Gasteiger charge is -2.35. The molecule has 0 aliphatic rings. The number of rotatable bonds is 16. The molecule has 0 aliphatic carbocycles. The number of carbonyl (C=O) groups is 3. The van der Waals surface area contributed by atoms with Crippen molar-refractivity contribution < 1.29 is 24.2 Å². The summed E-state index contributed by atoms with van der Waals surface area (Å²) in [5, 5.41) is 16.0. The molecule has 1 rings (SSSR count). The molecule has 3 amide bonds. The van der Waals surface area contributed by atoms with Gasteiger partial charge in [-0.05, 0) is 63.6 Å². The van der Waals surface area contributed by atoms with Gasteiger partial charge in [-0.3, -0.25) is 9.59 Å². The molecule has 0 aliphatic heterocycles. The Balaban J connectivity index is 3.42. The Kier molecular flexibility index (Phi) is 14.8. The van der Waals surface area contributed by atoms with Crippen LogP contribution in [-0.2, 0) is 14.3 Å². The Morgan fingerprint density at radius 1 is 1.00 bits per heavy atom. The van der Waals surface area contributed by atoms with Gasteiger partial charge < -0.3 is 25.4 Å². The number of alkyl carbamates (subject to hydrolysis) is 1. The molecule has 216 valence electrons. The van der Waals surface area contributed by atoms with Crippen LogP contribution in [0.25, 0.3) is 0 Å². The van der Waals surface area contributed by atoms with Gasteiger partial charge in [0.15, 0.2) is 0 Å². The lowest BCUT2D eigenvalue weighted by molar-refractivity contribution is -0.143. The van der Waals surface area contributed by atoms with Crippen molar-refractivity contribution in [1.29, 1.82) is 0 Å². The molecule has 2 atom stereocenters. The maximum atomic E-state index is 14.1. The summed E-state index contributed by atoms with van der Waals surface area (Å²) in [6.45, 7) is 14.3. The number of phenols is 1. The van der Waals surface area contributed by atoms with Crippen LogP contribution >= 0.6 is 0 Å². The topological polar surface area (TPSA) is 108 Å². The van der Waals surface area contributed by atoms with E-state index in [0.29, 0.717) is 25.1 Å². The van der Waals surface area contributed by atoms with Crippen LogP contribution in [0, 0.1) is 5.92 Å². The number of carbonyl (C=O) groups excluding carboxylic acids is 3. The Bertz CT molecular complexity index is 866. The molecule has 0 radical (unpaired) electrons. The Morgan fingerprint density at radius 2 is 1.66 bits per heavy atom. The van der Waals surface area contributed by atoms with Crippen LogP contribution in [0.4, 0.5) is 4.79 Å². The van der Waals surface area contributed by atoms with E-state index in [-0.39, 0.29) is 23.5 Å². The van der Waals surface area contributed by atoms with Crippen molar-refractivity contribution in [2.24, 2.45) is 5.92 Å². The van der Waals surface area contributed by atoms with Gasteiger partial charge in [-0.15, -0.1) is 0 Å². The highest BCUT2D eigenvalue weighted by Gasteiger charge is 2.36. The molecule has 1 aromatic rings. The molecular formula is C30H51N3O5. The Hall–Kier alpha value is -2.77. The molecule has 0 saturated carbocycles. The van der Waals surface area contributed by atoms with Crippen LogP contribution in [0.5, 0.6) is 5.75 Å². The van der Waals surface area contributed by atoms with Crippen LogP contribution in [-0.4, -0.2) is 52.6 Å². The molecule has 8 nitrogen and oxygen atoms in total. The summed E-state index contributed by atoms with van der Waals surface area (Å²) in [4.78, 5) is 42.0. The Morgan fingerprint density at radius 3 is 2.24 bits per heavy atom. The summed E-state index contributed by atoms with van der Waals surface area (Å²) < 4.78 is 5.44. The summed E-state index contributed by atoms with van der Waals surface area (Å²) in [5.74, 6) is -0.493. The number of aromatic hydroxyl groups is 1. The number of hydrogen-bond donors (Lipinski definition) is 3. The quantitative estimate of drug-likeness (QED) is 0.223. The predicted octanol–water partition coefficient (Wildman–Crippen LogP) is 6.09. The largest absolute Gasteiger partial charge is 0.508 e. The van der Waals surface area contributed by atoms with Gasteiger partial charge in [0.25, 0.3) is 0 Å². The van der Waals surface area contributed by atoms with Crippen LogP contribution in [0.1, 0.15) is 111 Å². The lowest BCUT2D eigenvalue weighted by atomic mass is 9.98. The fraction of sp³-hybridized carbons (Fsp3) is 0.700. The fourth-order valence-electron chi connectivity index (χ4n) is 4.27. The molecule has 3 N–H and O–H groups in total. The summed E-state index contributed by atoms with van der Waals surface area (Å²) >= 11 is 0. The summed E-state index contributed by atoms with van der Waals surface area (Å²) in [5.41, 5.74) is -0.180. The van der Waals surface area contributed by atoms with E-state index >= 15 is 0 Å². The molecule has 0 fully saturated rings. The first-order chi connectivity index (χ1) is 17.9. The van der Waals surface area contributed by atoms with E-state index in [2.05, 4.69) is 24.5 Å². The van der Waals surface area contributed by atoms with Gasteiger partial charge in [0, 0.05) is 13.1 Å². The number of benzene rings is 1. The highest BCUT2D eigenvalue weighted by atomic mass is 16.6. The summed E-state index contributed by atoms with van der Waals surface area (Å²) in [6.07, 6.45) is 6.29. The second-order valence-electron chi connectivity index (χ2n) is 11.4. The van der Waals surface area contributed by atoms with Crippen molar-refractivity contribution in [3.63, 3.8) is 0 Å². The first-order valence-corrected chi connectivity index (χ1v) is 14.3. The van der Waals surface area contributed by atoms with Gasteiger partial charge in [-0.25, -0.2) is 4.79 Å². The molecule has 0 heterocycles. The van der Waals surface area contributed by atoms with Crippen molar-refractivity contribution in [3.05, 3.63) is 29.8 Å². The summed E-state index contributed by atoms with van der Waals surface area (Å²) in [7, 11) is 0. The van der Waals surface area contributed by atoms with Gasteiger partial charge in [-0.1, -0.05) is 71.9 Å². The van der Waals surface area contributed by atoms with E-state index in [0.717, 1.165) is 44.9 Å². The third-order valence-electron chi connectivity index (χ3n) is 6.06. The van der Waals surface area contributed by atoms with Crippen LogP contribution in [0.3, 0.4) is 0 Å². The van der Waals surface area contributed by atoms with Gasteiger partial charge in [-0.2, -0.15) is 0 Å². The number of hydrogen-bond acceptors (Lipinski definition) is 5. The van der Waals surface area contributed by atoms with E-state index in [1.807, 2.05) is 13.8 Å². The second-order valence-corrected chi connectivity index (χ2v) is 11.4. The normalized spacial score (nSPS) is 13.1. The minimum absolute atomic E-state index is 0.0234. The molecular weight excluding hydrogens is 482 g/mol. The zero-order valence-corrected chi connectivity index (χ0v) is 24.6. The van der Waals surface area contributed by atoms with Crippen molar-refractivity contribution in [2.75, 3.05) is 13.1 Å². The van der Waals surface area contributed by atoms with E-state index in [9.17, 15) is 19.5 Å². The third kappa shape index (κ3) is 12.7. The average Bonchev–Trinajstić information content (AvgIpc) is 2.81. The Labute approximate surface area is 229 Å². The molecule has 0 spiro atoms. The average molecular weight is 534 g/mol. The van der Waals surface area contributed by atoms with Crippen LogP contribution < -0.4 is 10.6 Å². The maximum Gasteiger partial charge on any atom is 0.408 e. The number of amides is 3. The zero-order chi connectivity index (χ0) is 28.7. The zero-order valence-electron chi connectivity index (χ0n) is 24.6. The first-order valence-electron chi connectivity index (χ1n) is 14.3. The van der Waals surface area contributed by atoms with Gasteiger partial charge in [0.05, 0.1) is 0 Å². The smallest absolute Gasteiger partial charge is 0.408 e. The highest BCUT2D eigenvalue weighted by molar-refractivity contribution is 5.92. The number of unbranched alkanes of at least 4 members (excludes halogenated alkanes) is 5. The minimum Gasteiger partial charge on any atom is -0.508 e. The number of nitrogens with zero attached hydrogens (tertiary/aromatic N) is 1. The van der Waals surface area contributed by atoms with Crippen molar-refractivity contribution in [1.82, 2.24) is 15.5 Å². The number of nitrogens with one attached hydrogen (secondary N) is 2. The van der Waals surface area contributed by atoms with E-state index in [1.165, 1.54) is 6.07 Å². The number of phenolic OH excluding ortho intramolecular Hbond substituents is 1. The third-order valence-corrected chi connectivity index (χ3v) is 6.06. The van der Waals surface area contributed by atoms with Gasteiger partial charge >= 0.3 is 6.09 Å². The molecule has 0 saturated heterocycles. The van der Waals surface area contributed by atoms with E-state index in [4.69, 9.17) is 4.74 Å². The van der Waals surface area contributed by atoms with Crippen LogP contribution in [0.15, 0.2) is 24.3 Å². The van der Waals surface area contributed by atoms with Gasteiger partial charge in [0.2, 0.25) is 11.8 Å². The molecule has 2 unspecified atom stereocenters. The molecule has 0 bridgehead atoms. The molecule has 1 aromatic carbocycles. The molecule has 0 aromatic heterocycles. The van der Waals surface area contributed by atoms with Crippen molar-refractivity contribution in [2.45, 2.75) is 118 Å².